The molecule has 0 bridgehead atoms. The number of sulfone groups is 1. The van der Waals surface area contributed by atoms with Crippen LogP contribution in [0.15, 0.2) is 24.3 Å². The number of hydrogen-bond donors (Lipinski definition) is 1. The van der Waals surface area contributed by atoms with Crippen LogP contribution in [0.1, 0.15) is 37.2 Å². The maximum Gasteiger partial charge on any atom is 0.154 e. The Labute approximate surface area is 125 Å². The molecule has 1 unspecified atom stereocenters. The molecule has 1 aromatic carbocycles. The summed E-state index contributed by atoms with van der Waals surface area (Å²) in [6.45, 7) is 0.620. The predicted molar refractivity (Wildman–Crippen MR) is 82.0 cm³/mol. The molecule has 2 fully saturated rings. The summed E-state index contributed by atoms with van der Waals surface area (Å²) in [7, 11) is -2.82. The fourth-order valence-electron chi connectivity index (χ4n) is 3.20. The summed E-state index contributed by atoms with van der Waals surface area (Å²) in [5.41, 5.74) is 1.30. The van der Waals surface area contributed by atoms with E-state index in [-0.39, 0.29) is 5.25 Å². The topological polar surface area (TPSA) is 46.2 Å². The zero-order valence-corrected chi connectivity index (χ0v) is 13.0. The summed E-state index contributed by atoms with van der Waals surface area (Å²) >= 11 is 6.00. The SMILES string of the molecule is O=S1(=O)CCCC1CNC1CC(c2cccc(Cl)c2)C1. The fraction of sp³-hybridized carbons (Fsp3) is 0.600. The quantitative estimate of drug-likeness (QED) is 0.929. The molecule has 0 radical (unpaired) electrons. The van der Waals surface area contributed by atoms with Gasteiger partial charge in [-0.2, -0.15) is 0 Å². The van der Waals surface area contributed by atoms with Crippen molar-refractivity contribution in [3.8, 4) is 0 Å². The van der Waals surface area contributed by atoms with E-state index in [9.17, 15) is 8.42 Å². The van der Waals surface area contributed by atoms with Crippen molar-refractivity contribution >= 4 is 21.4 Å². The molecule has 20 heavy (non-hydrogen) atoms. The lowest BCUT2D eigenvalue weighted by Crippen LogP contribution is -2.44. The molecule has 2 aliphatic rings. The largest absolute Gasteiger partial charge is 0.313 e. The van der Waals surface area contributed by atoms with Crippen molar-refractivity contribution in [1.82, 2.24) is 5.32 Å². The molecular formula is C15H20ClNO2S. The Kier molecular flexibility index (Phi) is 4.07. The molecule has 1 aliphatic carbocycles. The van der Waals surface area contributed by atoms with Gasteiger partial charge in [0.2, 0.25) is 0 Å². The standard InChI is InChI=1S/C15H20ClNO2S/c16-13-4-1-3-11(7-13)12-8-14(9-12)17-10-15-5-2-6-20(15,18)19/h1,3-4,7,12,14-15,17H,2,5-6,8-10H2. The Morgan fingerprint density at radius 1 is 1.30 bits per heavy atom. The first-order chi connectivity index (χ1) is 9.54. The smallest absolute Gasteiger partial charge is 0.154 e. The fourth-order valence-corrected chi connectivity index (χ4v) is 5.18. The van der Waals surface area contributed by atoms with Gasteiger partial charge >= 0.3 is 0 Å². The van der Waals surface area contributed by atoms with Crippen LogP contribution in [0.3, 0.4) is 0 Å². The highest BCUT2D eigenvalue weighted by atomic mass is 35.5. The second-order valence-electron chi connectivity index (χ2n) is 5.96. The highest BCUT2D eigenvalue weighted by Crippen LogP contribution is 2.37. The van der Waals surface area contributed by atoms with E-state index in [4.69, 9.17) is 11.6 Å². The summed E-state index contributed by atoms with van der Waals surface area (Å²) in [6, 6.07) is 8.49. The van der Waals surface area contributed by atoms with Gasteiger partial charge in [0, 0.05) is 17.6 Å². The maximum absolute atomic E-state index is 11.7. The molecule has 0 amide bonds. The molecule has 1 saturated heterocycles. The van der Waals surface area contributed by atoms with E-state index >= 15 is 0 Å². The average Bonchev–Trinajstić information content (AvgIpc) is 2.67. The van der Waals surface area contributed by atoms with Crippen molar-refractivity contribution in [2.24, 2.45) is 0 Å². The third-order valence-corrected chi connectivity index (χ3v) is 7.07. The number of hydrogen-bond acceptors (Lipinski definition) is 3. The number of rotatable bonds is 4. The minimum absolute atomic E-state index is 0.160. The molecular weight excluding hydrogens is 294 g/mol. The summed E-state index contributed by atoms with van der Waals surface area (Å²) in [5.74, 6) is 0.932. The average molecular weight is 314 g/mol. The van der Waals surface area contributed by atoms with Crippen molar-refractivity contribution < 1.29 is 8.42 Å². The number of nitrogens with one attached hydrogen (secondary N) is 1. The van der Waals surface area contributed by atoms with E-state index < -0.39 is 9.84 Å². The van der Waals surface area contributed by atoms with E-state index in [1.807, 2.05) is 18.2 Å². The zero-order chi connectivity index (χ0) is 14.2. The molecule has 0 spiro atoms. The lowest BCUT2D eigenvalue weighted by atomic mass is 9.76. The van der Waals surface area contributed by atoms with Gasteiger partial charge < -0.3 is 5.32 Å². The monoisotopic (exact) mass is 313 g/mol. The molecule has 110 valence electrons. The van der Waals surface area contributed by atoms with E-state index in [0.717, 1.165) is 30.7 Å². The second-order valence-corrected chi connectivity index (χ2v) is 8.80. The van der Waals surface area contributed by atoms with Crippen LogP contribution < -0.4 is 5.32 Å². The Balaban J connectivity index is 1.47. The third-order valence-electron chi connectivity index (χ3n) is 4.56. The van der Waals surface area contributed by atoms with Gasteiger partial charge in [-0.25, -0.2) is 8.42 Å². The molecule has 1 aromatic rings. The molecule has 3 nitrogen and oxygen atoms in total. The lowest BCUT2D eigenvalue weighted by molar-refractivity contribution is 0.291. The van der Waals surface area contributed by atoms with Gasteiger partial charge in [0.05, 0.1) is 11.0 Å². The van der Waals surface area contributed by atoms with Crippen LogP contribution in [-0.2, 0) is 9.84 Å². The lowest BCUT2D eigenvalue weighted by Gasteiger charge is -2.37. The van der Waals surface area contributed by atoms with Gasteiger partial charge in [-0.1, -0.05) is 23.7 Å². The predicted octanol–water partition coefficient (Wildman–Crippen LogP) is 2.75. The number of halogens is 1. The number of benzene rings is 1. The van der Waals surface area contributed by atoms with Crippen molar-refractivity contribution in [2.45, 2.75) is 42.9 Å². The van der Waals surface area contributed by atoms with E-state index in [1.165, 1.54) is 5.56 Å². The zero-order valence-electron chi connectivity index (χ0n) is 11.4. The van der Waals surface area contributed by atoms with Crippen LogP contribution in [0, 0.1) is 0 Å². The van der Waals surface area contributed by atoms with E-state index in [2.05, 4.69) is 11.4 Å². The van der Waals surface area contributed by atoms with Gasteiger partial charge in [-0.05, 0) is 49.3 Å². The Bertz CT molecular complexity index is 581. The second kappa shape index (κ2) is 5.66. The van der Waals surface area contributed by atoms with Crippen LogP contribution in [0.5, 0.6) is 0 Å². The van der Waals surface area contributed by atoms with Crippen molar-refractivity contribution in [1.29, 1.82) is 0 Å². The molecule has 1 saturated carbocycles. The van der Waals surface area contributed by atoms with Crippen molar-refractivity contribution in [3.05, 3.63) is 34.9 Å². The Morgan fingerprint density at radius 3 is 2.75 bits per heavy atom. The van der Waals surface area contributed by atoms with Crippen molar-refractivity contribution in [2.75, 3.05) is 12.3 Å². The van der Waals surface area contributed by atoms with Crippen LogP contribution in [0.25, 0.3) is 0 Å². The minimum Gasteiger partial charge on any atom is -0.313 e. The summed E-state index contributed by atoms with van der Waals surface area (Å²) in [6.07, 6.45) is 3.80. The van der Waals surface area contributed by atoms with E-state index in [0.29, 0.717) is 24.3 Å². The molecule has 3 rings (SSSR count). The van der Waals surface area contributed by atoms with Gasteiger partial charge in [0.25, 0.3) is 0 Å². The van der Waals surface area contributed by atoms with Crippen LogP contribution in [-0.4, -0.2) is 32.0 Å². The molecule has 1 aliphatic heterocycles. The minimum atomic E-state index is -2.82. The highest BCUT2D eigenvalue weighted by molar-refractivity contribution is 7.92. The molecule has 1 atom stereocenters. The summed E-state index contributed by atoms with van der Waals surface area (Å²) < 4.78 is 23.5. The molecule has 5 heteroatoms. The third kappa shape index (κ3) is 3.02. The molecule has 1 N–H and O–H groups in total. The van der Waals surface area contributed by atoms with Gasteiger partial charge in [-0.15, -0.1) is 0 Å². The van der Waals surface area contributed by atoms with Gasteiger partial charge in [-0.3, -0.25) is 0 Å². The van der Waals surface area contributed by atoms with E-state index in [1.54, 1.807) is 0 Å². The Morgan fingerprint density at radius 2 is 2.10 bits per heavy atom. The van der Waals surface area contributed by atoms with Crippen LogP contribution in [0.4, 0.5) is 0 Å². The molecule has 1 heterocycles. The summed E-state index contributed by atoms with van der Waals surface area (Å²) in [4.78, 5) is 0. The normalized spacial score (nSPS) is 31.9. The first-order valence-electron chi connectivity index (χ1n) is 7.25. The first kappa shape index (κ1) is 14.4. The summed E-state index contributed by atoms with van der Waals surface area (Å²) in [5, 5.41) is 4.05. The van der Waals surface area contributed by atoms with Gasteiger partial charge in [0.15, 0.2) is 9.84 Å². The highest BCUT2D eigenvalue weighted by Gasteiger charge is 2.34. The van der Waals surface area contributed by atoms with Crippen molar-refractivity contribution in [3.63, 3.8) is 0 Å². The maximum atomic E-state index is 11.7. The van der Waals surface area contributed by atoms with Crippen LogP contribution in [0.2, 0.25) is 5.02 Å². The Hall–Kier alpha value is -0.580. The molecule has 0 aromatic heterocycles. The first-order valence-corrected chi connectivity index (χ1v) is 9.34. The van der Waals surface area contributed by atoms with Gasteiger partial charge in [0.1, 0.15) is 0 Å². The van der Waals surface area contributed by atoms with Crippen LogP contribution >= 0.6 is 11.6 Å².